The molecule has 0 N–H and O–H groups in total. The Balaban J connectivity index is 1.58. The van der Waals surface area contributed by atoms with E-state index in [1.54, 1.807) is 22.1 Å². The molecule has 1 aliphatic carbocycles. The number of fused-ring (bicyclic) bond motifs is 1. The minimum absolute atomic E-state index is 0.751. The van der Waals surface area contributed by atoms with Gasteiger partial charge in [-0.2, -0.15) is 0 Å². The molecule has 0 radical (unpaired) electrons. The Morgan fingerprint density at radius 1 is 1.21 bits per heavy atom. The monoisotopic (exact) mass is 310 g/mol. The lowest BCUT2D eigenvalue weighted by Gasteiger charge is -2.29. The van der Waals surface area contributed by atoms with Crippen LogP contribution in [0.3, 0.4) is 0 Å². The Hall–Kier alpha value is -0.230. The summed E-state index contributed by atoms with van der Waals surface area (Å²) in [7, 11) is 5.87. The molecular formula is C14H18N2S3. The molecule has 2 nitrogen and oxygen atoms in total. The molecule has 1 saturated carbocycles. The summed E-state index contributed by atoms with van der Waals surface area (Å²) in [5.74, 6) is 0. The van der Waals surface area contributed by atoms with Crippen LogP contribution < -0.4 is 0 Å². The molecule has 5 heteroatoms. The first-order valence-electron chi connectivity index (χ1n) is 6.76. The quantitative estimate of drug-likeness (QED) is 0.568. The fourth-order valence-electron chi connectivity index (χ4n) is 2.48. The number of aromatic nitrogens is 1. The first-order chi connectivity index (χ1) is 9.33. The van der Waals surface area contributed by atoms with E-state index < -0.39 is 0 Å². The Bertz CT molecular complexity index is 501. The van der Waals surface area contributed by atoms with Gasteiger partial charge in [-0.1, -0.05) is 31.4 Å². The Labute approximate surface area is 126 Å². The summed E-state index contributed by atoms with van der Waals surface area (Å²) in [6, 6.07) is 9.12. The maximum atomic E-state index is 4.66. The van der Waals surface area contributed by atoms with E-state index in [0.29, 0.717) is 0 Å². The van der Waals surface area contributed by atoms with Gasteiger partial charge in [0, 0.05) is 6.04 Å². The van der Waals surface area contributed by atoms with E-state index in [0.717, 1.165) is 15.9 Å². The zero-order valence-electron chi connectivity index (χ0n) is 11.0. The number of nitrogens with zero attached hydrogens (tertiary/aromatic N) is 2. The zero-order chi connectivity index (χ0) is 13.1. The summed E-state index contributed by atoms with van der Waals surface area (Å²) < 4.78 is 4.87. The summed E-state index contributed by atoms with van der Waals surface area (Å²) in [5, 5.41) is 0. The van der Waals surface area contributed by atoms with Gasteiger partial charge < -0.3 is 0 Å². The van der Waals surface area contributed by atoms with E-state index in [2.05, 4.69) is 40.6 Å². The summed E-state index contributed by atoms with van der Waals surface area (Å²) in [5.41, 5.74) is 1.12. The van der Waals surface area contributed by atoms with Crippen molar-refractivity contribution in [3.8, 4) is 0 Å². The van der Waals surface area contributed by atoms with Gasteiger partial charge in [0.1, 0.15) is 0 Å². The first-order valence-corrected chi connectivity index (χ1v) is 9.68. The van der Waals surface area contributed by atoms with E-state index in [4.69, 9.17) is 0 Å². The summed E-state index contributed by atoms with van der Waals surface area (Å²) in [6.45, 7) is 0. The van der Waals surface area contributed by atoms with Crippen LogP contribution in [0.25, 0.3) is 10.2 Å². The van der Waals surface area contributed by atoms with Crippen molar-refractivity contribution in [2.24, 2.45) is 0 Å². The molecule has 0 unspecified atom stereocenters. The minimum Gasteiger partial charge on any atom is -0.241 e. The molecule has 0 saturated heterocycles. The van der Waals surface area contributed by atoms with Crippen LogP contribution in [0, 0.1) is 0 Å². The molecule has 0 atom stereocenters. The number of hydrogen-bond donors (Lipinski definition) is 0. The second-order valence-corrected chi connectivity index (χ2v) is 8.46. The molecule has 102 valence electrons. The SMILES string of the molecule is CN(SSc1nc2ccccc2s1)C1CCCCC1. The number of thiazole rings is 1. The van der Waals surface area contributed by atoms with E-state index in [1.807, 2.05) is 11.0 Å². The number of hydrogen-bond acceptors (Lipinski definition) is 5. The van der Waals surface area contributed by atoms with Crippen LogP contribution in [-0.4, -0.2) is 22.4 Å². The molecule has 0 bridgehead atoms. The third-order valence-electron chi connectivity index (χ3n) is 3.59. The lowest BCUT2D eigenvalue weighted by Crippen LogP contribution is -2.27. The first kappa shape index (κ1) is 13.7. The van der Waals surface area contributed by atoms with Crippen LogP contribution in [0.1, 0.15) is 32.1 Å². The molecule has 0 amide bonds. The second kappa shape index (κ2) is 6.48. The summed E-state index contributed by atoms with van der Waals surface area (Å²) >= 11 is 1.79. The molecule has 1 heterocycles. The molecule has 1 fully saturated rings. The van der Waals surface area contributed by atoms with Crippen molar-refractivity contribution < 1.29 is 0 Å². The highest BCUT2D eigenvalue weighted by molar-refractivity contribution is 8.76. The molecular weight excluding hydrogens is 292 g/mol. The van der Waals surface area contributed by atoms with Crippen molar-refractivity contribution in [2.75, 3.05) is 7.05 Å². The highest BCUT2D eigenvalue weighted by Crippen LogP contribution is 2.40. The van der Waals surface area contributed by atoms with E-state index in [9.17, 15) is 0 Å². The summed E-state index contributed by atoms with van der Waals surface area (Å²) in [6.07, 6.45) is 6.90. The number of para-hydroxylation sites is 1. The van der Waals surface area contributed by atoms with Crippen molar-refractivity contribution in [1.29, 1.82) is 0 Å². The molecule has 1 aromatic heterocycles. The van der Waals surface area contributed by atoms with Gasteiger partial charge in [-0.3, -0.25) is 0 Å². The maximum absolute atomic E-state index is 4.66. The van der Waals surface area contributed by atoms with E-state index in [-0.39, 0.29) is 0 Å². The average molecular weight is 311 g/mol. The van der Waals surface area contributed by atoms with Gasteiger partial charge in [-0.25, -0.2) is 9.29 Å². The molecule has 3 rings (SSSR count). The maximum Gasteiger partial charge on any atom is 0.162 e. The zero-order valence-corrected chi connectivity index (χ0v) is 13.5. The van der Waals surface area contributed by atoms with E-state index >= 15 is 0 Å². The Morgan fingerprint density at radius 3 is 2.79 bits per heavy atom. The predicted molar refractivity (Wildman–Crippen MR) is 87.7 cm³/mol. The largest absolute Gasteiger partial charge is 0.241 e. The fraction of sp³-hybridized carbons (Fsp3) is 0.500. The third kappa shape index (κ3) is 3.45. The predicted octanol–water partition coefficient (Wildman–Crippen LogP) is 5.22. The fourth-order valence-corrected chi connectivity index (χ4v) is 5.84. The summed E-state index contributed by atoms with van der Waals surface area (Å²) in [4.78, 5) is 4.66. The van der Waals surface area contributed by atoms with Crippen LogP contribution in [0.5, 0.6) is 0 Å². The number of rotatable bonds is 4. The van der Waals surface area contributed by atoms with Crippen molar-refractivity contribution in [3.63, 3.8) is 0 Å². The molecule has 0 aliphatic heterocycles. The van der Waals surface area contributed by atoms with Crippen molar-refractivity contribution in [3.05, 3.63) is 24.3 Å². The molecule has 0 spiro atoms. The highest BCUT2D eigenvalue weighted by Gasteiger charge is 2.19. The van der Waals surface area contributed by atoms with Crippen LogP contribution in [0.15, 0.2) is 28.6 Å². The Morgan fingerprint density at radius 2 is 2.00 bits per heavy atom. The lowest BCUT2D eigenvalue weighted by atomic mass is 9.96. The van der Waals surface area contributed by atoms with Gasteiger partial charge in [0.25, 0.3) is 0 Å². The molecule has 1 aliphatic rings. The van der Waals surface area contributed by atoms with E-state index in [1.165, 1.54) is 36.8 Å². The van der Waals surface area contributed by atoms with Gasteiger partial charge in [0.15, 0.2) is 4.34 Å². The molecule has 2 aromatic rings. The Kier molecular flexibility index (Phi) is 4.69. The highest BCUT2D eigenvalue weighted by atomic mass is 33.1. The molecule has 1 aromatic carbocycles. The van der Waals surface area contributed by atoms with Gasteiger partial charge >= 0.3 is 0 Å². The van der Waals surface area contributed by atoms with Gasteiger partial charge in [0.05, 0.1) is 10.2 Å². The van der Waals surface area contributed by atoms with Gasteiger partial charge in [-0.15, -0.1) is 11.3 Å². The van der Waals surface area contributed by atoms with Crippen LogP contribution in [-0.2, 0) is 0 Å². The van der Waals surface area contributed by atoms with Gasteiger partial charge in [0.2, 0.25) is 0 Å². The lowest BCUT2D eigenvalue weighted by molar-refractivity contribution is 0.307. The standard InChI is InChI=1S/C14H18N2S3/c1-16(11-7-3-2-4-8-11)19-18-14-15-12-9-5-6-10-13(12)17-14/h5-6,9-11H,2-4,7-8H2,1H3. The smallest absolute Gasteiger partial charge is 0.162 e. The number of benzene rings is 1. The normalized spacial score (nSPS) is 17.4. The minimum atomic E-state index is 0.751. The van der Waals surface area contributed by atoms with Crippen LogP contribution in [0.4, 0.5) is 0 Å². The molecule has 19 heavy (non-hydrogen) atoms. The third-order valence-corrected chi connectivity index (χ3v) is 7.48. The van der Waals surface area contributed by atoms with Crippen molar-refractivity contribution >= 4 is 43.3 Å². The van der Waals surface area contributed by atoms with Crippen LogP contribution >= 0.6 is 33.1 Å². The second-order valence-electron chi connectivity index (χ2n) is 4.94. The average Bonchev–Trinajstić information content (AvgIpc) is 2.88. The topological polar surface area (TPSA) is 16.1 Å². The van der Waals surface area contributed by atoms with Crippen LogP contribution in [0.2, 0.25) is 0 Å². The van der Waals surface area contributed by atoms with Gasteiger partial charge in [-0.05, 0) is 53.8 Å². The van der Waals surface area contributed by atoms with Crippen molar-refractivity contribution in [2.45, 2.75) is 42.5 Å². The van der Waals surface area contributed by atoms with Crippen molar-refractivity contribution in [1.82, 2.24) is 9.29 Å².